The number of halogens is 1. The molecule has 0 bridgehead atoms. The molecular formula is C22H23FN2O4. The normalized spacial score (nSPS) is 16.5. The first-order valence-electron chi connectivity index (χ1n) is 9.37. The molecule has 0 aliphatic carbocycles. The van der Waals surface area contributed by atoms with Crippen molar-refractivity contribution in [3.05, 3.63) is 71.5 Å². The maximum atomic E-state index is 13.5. The van der Waals surface area contributed by atoms with E-state index in [0.717, 1.165) is 5.56 Å². The first-order valence-corrected chi connectivity index (χ1v) is 9.37. The Hall–Kier alpha value is -3.22. The van der Waals surface area contributed by atoms with E-state index in [1.807, 2.05) is 30.3 Å². The van der Waals surface area contributed by atoms with Crippen LogP contribution < -0.4 is 0 Å². The van der Waals surface area contributed by atoms with Crippen molar-refractivity contribution in [3.8, 4) is 0 Å². The lowest BCUT2D eigenvalue weighted by Gasteiger charge is -2.27. The van der Waals surface area contributed by atoms with Crippen LogP contribution in [0.2, 0.25) is 0 Å². The standard InChI is InChI=1S/C22H23FN2O4/c1-15(22(27)28-2)13-25(14-16-7-4-3-5-8-16)21(26)20-12-19(24-29-20)17-9-6-10-18(23)11-17/h3-11,15,20H,12-14H2,1-2H3. The van der Waals surface area contributed by atoms with Gasteiger partial charge < -0.3 is 14.5 Å². The summed E-state index contributed by atoms with van der Waals surface area (Å²) >= 11 is 0. The van der Waals surface area contributed by atoms with Crippen molar-refractivity contribution in [2.24, 2.45) is 11.1 Å². The van der Waals surface area contributed by atoms with E-state index in [4.69, 9.17) is 9.57 Å². The predicted octanol–water partition coefficient (Wildman–Crippen LogP) is 3.16. The summed E-state index contributed by atoms with van der Waals surface area (Å²) in [5, 5.41) is 3.98. The maximum Gasteiger partial charge on any atom is 0.310 e. The lowest BCUT2D eigenvalue weighted by molar-refractivity contribution is -0.149. The monoisotopic (exact) mass is 398 g/mol. The SMILES string of the molecule is COC(=O)C(C)CN(Cc1ccccc1)C(=O)C1CC(c2cccc(F)c2)=NO1. The molecule has 3 rings (SSSR count). The van der Waals surface area contributed by atoms with Gasteiger partial charge in [-0.15, -0.1) is 0 Å². The molecule has 0 saturated heterocycles. The van der Waals surface area contributed by atoms with Crippen LogP contribution >= 0.6 is 0 Å². The van der Waals surface area contributed by atoms with Crippen LogP contribution in [0, 0.1) is 11.7 Å². The van der Waals surface area contributed by atoms with Gasteiger partial charge in [-0.1, -0.05) is 54.5 Å². The van der Waals surface area contributed by atoms with Crippen molar-refractivity contribution in [1.82, 2.24) is 4.90 Å². The van der Waals surface area contributed by atoms with Crippen LogP contribution in [0.4, 0.5) is 4.39 Å². The lowest BCUT2D eigenvalue weighted by atomic mass is 10.0. The Kier molecular flexibility index (Phi) is 6.59. The number of amides is 1. The van der Waals surface area contributed by atoms with Crippen LogP contribution in [0.15, 0.2) is 59.8 Å². The van der Waals surface area contributed by atoms with E-state index in [0.29, 0.717) is 17.8 Å². The summed E-state index contributed by atoms with van der Waals surface area (Å²) in [7, 11) is 1.32. The molecule has 0 radical (unpaired) electrons. The van der Waals surface area contributed by atoms with Crippen LogP contribution in [-0.2, 0) is 25.7 Å². The Balaban J connectivity index is 1.73. The Morgan fingerprint density at radius 2 is 2.00 bits per heavy atom. The van der Waals surface area contributed by atoms with Gasteiger partial charge in [0.25, 0.3) is 5.91 Å². The zero-order valence-electron chi connectivity index (χ0n) is 16.4. The van der Waals surface area contributed by atoms with Crippen molar-refractivity contribution in [2.45, 2.75) is 26.0 Å². The van der Waals surface area contributed by atoms with Crippen LogP contribution in [0.5, 0.6) is 0 Å². The van der Waals surface area contributed by atoms with Gasteiger partial charge >= 0.3 is 5.97 Å². The van der Waals surface area contributed by atoms with E-state index in [1.54, 1.807) is 24.0 Å². The molecule has 0 spiro atoms. The minimum absolute atomic E-state index is 0.190. The zero-order chi connectivity index (χ0) is 20.8. The molecule has 1 heterocycles. The largest absolute Gasteiger partial charge is 0.469 e. The summed E-state index contributed by atoms with van der Waals surface area (Å²) in [6.45, 7) is 2.23. The molecule has 6 nitrogen and oxygen atoms in total. The number of hydrogen-bond acceptors (Lipinski definition) is 5. The van der Waals surface area contributed by atoms with Gasteiger partial charge in [0, 0.05) is 25.1 Å². The number of rotatable bonds is 7. The average Bonchev–Trinajstić information content (AvgIpc) is 3.23. The fourth-order valence-corrected chi connectivity index (χ4v) is 3.19. The van der Waals surface area contributed by atoms with Gasteiger partial charge in [-0.05, 0) is 17.7 Å². The quantitative estimate of drug-likeness (QED) is 0.672. The van der Waals surface area contributed by atoms with Crippen molar-refractivity contribution in [3.63, 3.8) is 0 Å². The number of methoxy groups -OCH3 is 1. The van der Waals surface area contributed by atoms with Gasteiger partial charge in [0.1, 0.15) is 5.82 Å². The first kappa shape index (κ1) is 20.5. The highest BCUT2D eigenvalue weighted by Crippen LogP contribution is 2.21. The lowest BCUT2D eigenvalue weighted by Crippen LogP contribution is -2.42. The number of carbonyl (C=O) groups excluding carboxylic acids is 2. The molecule has 2 atom stereocenters. The van der Waals surface area contributed by atoms with Crippen LogP contribution in [0.3, 0.4) is 0 Å². The molecule has 0 aromatic heterocycles. The summed E-state index contributed by atoms with van der Waals surface area (Å²) < 4.78 is 18.3. The van der Waals surface area contributed by atoms with Gasteiger partial charge in [-0.2, -0.15) is 0 Å². The highest BCUT2D eigenvalue weighted by atomic mass is 19.1. The molecule has 0 saturated carbocycles. The molecule has 152 valence electrons. The summed E-state index contributed by atoms with van der Waals surface area (Å²) in [6, 6.07) is 15.5. The van der Waals surface area contributed by atoms with E-state index >= 15 is 0 Å². The molecule has 7 heteroatoms. The first-order chi connectivity index (χ1) is 14.0. The second kappa shape index (κ2) is 9.32. The zero-order valence-corrected chi connectivity index (χ0v) is 16.4. The number of nitrogens with zero attached hydrogens (tertiary/aromatic N) is 2. The minimum atomic E-state index is -0.818. The number of ether oxygens (including phenoxy) is 1. The van der Waals surface area contributed by atoms with Gasteiger partial charge in [-0.25, -0.2) is 4.39 Å². The number of benzene rings is 2. The fraction of sp³-hybridized carbons (Fsp3) is 0.318. The second-order valence-electron chi connectivity index (χ2n) is 6.98. The van der Waals surface area contributed by atoms with Crippen LogP contribution in [0.25, 0.3) is 0 Å². The Morgan fingerprint density at radius 3 is 2.69 bits per heavy atom. The molecule has 1 aliphatic rings. The van der Waals surface area contributed by atoms with Crippen molar-refractivity contribution < 1.29 is 23.6 Å². The third-order valence-electron chi connectivity index (χ3n) is 4.73. The van der Waals surface area contributed by atoms with Crippen molar-refractivity contribution in [2.75, 3.05) is 13.7 Å². The van der Waals surface area contributed by atoms with Crippen molar-refractivity contribution >= 4 is 17.6 Å². The van der Waals surface area contributed by atoms with Crippen LogP contribution in [0.1, 0.15) is 24.5 Å². The summed E-state index contributed by atoms with van der Waals surface area (Å²) in [5.41, 5.74) is 2.03. The van der Waals surface area contributed by atoms with E-state index in [9.17, 15) is 14.0 Å². The number of hydrogen-bond donors (Lipinski definition) is 0. The third kappa shape index (κ3) is 5.19. The van der Waals surface area contributed by atoms with E-state index in [2.05, 4.69) is 5.16 Å². The Bertz CT molecular complexity index is 901. The average molecular weight is 398 g/mol. The number of oxime groups is 1. The molecule has 1 aliphatic heterocycles. The van der Waals surface area contributed by atoms with E-state index in [1.165, 1.54) is 19.2 Å². The van der Waals surface area contributed by atoms with Gasteiger partial charge in [-0.3, -0.25) is 9.59 Å². The molecule has 2 unspecified atom stereocenters. The number of esters is 1. The van der Waals surface area contributed by atoms with Crippen molar-refractivity contribution in [1.29, 1.82) is 0 Å². The van der Waals surface area contributed by atoms with Gasteiger partial charge in [0.2, 0.25) is 6.10 Å². The highest BCUT2D eigenvalue weighted by molar-refractivity contribution is 6.04. The maximum absolute atomic E-state index is 13.5. The molecule has 2 aromatic carbocycles. The third-order valence-corrected chi connectivity index (χ3v) is 4.73. The summed E-state index contributed by atoms with van der Waals surface area (Å²) in [6.07, 6.45) is -0.581. The predicted molar refractivity (Wildman–Crippen MR) is 105 cm³/mol. The molecular weight excluding hydrogens is 375 g/mol. The fourth-order valence-electron chi connectivity index (χ4n) is 3.19. The molecule has 2 aromatic rings. The smallest absolute Gasteiger partial charge is 0.310 e. The van der Waals surface area contributed by atoms with E-state index < -0.39 is 12.0 Å². The Labute approximate surface area is 168 Å². The topological polar surface area (TPSA) is 68.2 Å². The highest BCUT2D eigenvalue weighted by Gasteiger charge is 2.34. The second-order valence-corrected chi connectivity index (χ2v) is 6.98. The van der Waals surface area contributed by atoms with Gasteiger partial charge in [0.15, 0.2) is 0 Å². The molecule has 0 fully saturated rings. The Morgan fingerprint density at radius 1 is 1.24 bits per heavy atom. The summed E-state index contributed by atoms with van der Waals surface area (Å²) in [5.74, 6) is -1.53. The molecule has 1 amide bonds. The van der Waals surface area contributed by atoms with Gasteiger partial charge in [0.05, 0.1) is 18.7 Å². The van der Waals surface area contributed by atoms with Crippen LogP contribution in [-0.4, -0.2) is 42.2 Å². The number of carbonyl (C=O) groups is 2. The molecule has 29 heavy (non-hydrogen) atoms. The minimum Gasteiger partial charge on any atom is -0.469 e. The summed E-state index contributed by atoms with van der Waals surface area (Å²) in [4.78, 5) is 31.9. The molecule has 0 N–H and O–H groups in total. The van der Waals surface area contributed by atoms with E-state index in [-0.39, 0.29) is 30.7 Å².